The van der Waals surface area contributed by atoms with Gasteiger partial charge in [0.15, 0.2) is 0 Å². The molecule has 6 nitrogen and oxygen atoms in total. The third-order valence-corrected chi connectivity index (χ3v) is 5.52. The van der Waals surface area contributed by atoms with E-state index in [0.717, 1.165) is 22.3 Å². The van der Waals surface area contributed by atoms with E-state index in [4.69, 9.17) is 15.9 Å². The molecule has 2 atom stereocenters. The van der Waals surface area contributed by atoms with E-state index in [0.29, 0.717) is 0 Å². The Morgan fingerprint density at radius 3 is 2.31 bits per heavy atom. The fourth-order valence-corrected chi connectivity index (χ4v) is 4.20. The second kappa shape index (κ2) is 7.98. The molecule has 0 spiro atoms. The van der Waals surface area contributed by atoms with Crippen LogP contribution in [-0.2, 0) is 14.3 Å². The first kappa shape index (κ1) is 19.0. The number of fused-ring (bicyclic) bond motifs is 3. The number of carbonyl (C=O) groups is 2. The standard InChI is InChI=1S/C23H21NO5/c1-2-11-28-15-12-21(22(25)26)24(13-15)23(27)29-14-20-18-9-5-3-7-16(18)17-8-4-6-10-19(17)20/h1,3-10,15,20-21H,11-14H2,(H,25,26)/t15-,21-/m0/s1. The van der Waals surface area contributed by atoms with Crippen molar-refractivity contribution in [1.82, 2.24) is 4.90 Å². The molecule has 4 rings (SSSR count). The molecule has 0 unspecified atom stereocenters. The van der Waals surface area contributed by atoms with Gasteiger partial charge >= 0.3 is 12.1 Å². The Morgan fingerprint density at radius 1 is 1.10 bits per heavy atom. The van der Waals surface area contributed by atoms with Crippen LogP contribution in [0.2, 0.25) is 0 Å². The molecular formula is C23H21NO5. The molecule has 0 radical (unpaired) electrons. The maximum Gasteiger partial charge on any atom is 0.410 e. The van der Waals surface area contributed by atoms with E-state index >= 15 is 0 Å². The van der Waals surface area contributed by atoms with Gasteiger partial charge in [0, 0.05) is 12.3 Å². The molecule has 1 aliphatic heterocycles. The fourth-order valence-electron chi connectivity index (χ4n) is 4.20. The Balaban J connectivity index is 1.48. The number of carbonyl (C=O) groups excluding carboxylic acids is 1. The molecule has 0 saturated carbocycles. The predicted octanol–water partition coefficient (Wildman–Crippen LogP) is 3.11. The van der Waals surface area contributed by atoms with Gasteiger partial charge in [-0.1, -0.05) is 54.5 Å². The van der Waals surface area contributed by atoms with E-state index in [1.165, 1.54) is 4.90 Å². The first-order valence-corrected chi connectivity index (χ1v) is 9.49. The third kappa shape index (κ3) is 3.57. The van der Waals surface area contributed by atoms with E-state index in [-0.39, 0.29) is 32.1 Å². The minimum absolute atomic E-state index is 0.0780. The smallest absolute Gasteiger partial charge is 0.410 e. The maximum absolute atomic E-state index is 12.7. The van der Waals surface area contributed by atoms with Crippen LogP contribution in [0.15, 0.2) is 48.5 Å². The lowest BCUT2D eigenvalue weighted by molar-refractivity contribution is -0.141. The monoisotopic (exact) mass is 391 g/mol. The van der Waals surface area contributed by atoms with Gasteiger partial charge < -0.3 is 14.6 Å². The Hall–Kier alpha value is -3.30. The van der Waals surface area contributed by atoms with Crippen LogP contribution in [0.3, 0.4) is 0 Å². The quantitative estimate of drug-likeness (QED) is 0.793. The lowest BCUT2D eigenvalue weighted by Gasteiger charge is -2.22. The van der Waals surface area contributed by atoms with Gasteiger partial charge in [-0.05, 0) is 22.3 Å². The Labute approximate surface area is 169 Å². The van der Waals surface area contributed by atoms with E-state index in [1.807, 2.05) is 36.4 Å². The maximum atomic E-state index is 12.7. The summed E-state index contributed by atoms with van der Waals surface area (Å²) in [5.74, 6) is 1.20. The number of hydrogen-bond donors (Lipinski definition) is 1. The molecule has 1 fully saturated rings. The summed E-state index contributed by atoms with van der Waals surface area (Å²) in [6.45, 7) is 0.371. The second-order valence-corrected chi connectivity index (χ2v) is 7.18. The normalized spacial score (nSPS) is 20.0. The number of terminal acetylenes is 1. The highest BCUT2D eigenvalue weighted by atomic mass is 16.6. The summed E-state index contributed by atoms with van der Waals surface area (Å²) in [6.07, 6.45) is 4.33. The van der Waals surface area contributed by atoms with Crippen molar-refractivity contribution < 1.29 is 24.2 Å². The van der Waals surface area contributed by atoms with Gasteiger partial charge in [-0.25, -0.2) is 9.59 Å². The molecule has 1 saturated heterocycles. The van der Waals surface area contributed by atoms with Gasteiger partial charge in [-0.15, -0.1) is 6.42 Å². The fraction of sp³-hybridized carbons (Fsp3) is 0.304. The molecule has 29 heavy (non-hydrogen) atoms. The van der Waals surface area contributed by atoms with E-state index in [1.54, 1.807) is 0 Å². The molecule has 1 amide bonds. The number of rotatable bonds is 5. The highest BCUT2D eigenvalue weighted by Gasteiger charge is 2.41. The SMILES string of the molecule is C#CCO[C@H]1C[C@@H](C(=O)O)N(C(=O)OCC2c3ccccc3-c3ccccc32)C1. The number of hydrogen-bond acceptors (Lipinski definition) is 4. The topological polar surface area (TPSA) is 76.1 Å². The summed E-state index contributed by atoms with van der Waals surface area (Å²) in [5, 5.41) is 9.47. The molecule has 0 aromatic heterocycles. The molecule has 1 aliphatic carbocycles. The Bertz CT molecular complexity index is 934. The van der Waals surface area contributed by atoms with Gasteiger partial charge in [0.1, 0.15) is 19.3 Å². The number of likely N-dealkylation sites (tertiary alicyclic amines) is 1. The number of aliphatic carboxylic acids is 1. The van der Waals surface area contributed by atoms with Gasteiger partial charge in [0.05, 0.1) is 12.6 Å². The van der Waals surface area contributed by atoms with Crippen molar-refractivity contribution in [3.63, 3.8) is 0 Å². The first-order valence-electron chi connectivity index (χ1n) is 9.49. The summed E-state index contributed by atoms with van der Waals surface area (Å²) in [4.78, 5) is 25.5. The van der Waals surface area contributed by atoms with Crippen molar-refractivity contribution in [3.8, 4) is 23.5 Å². The molecule has 2 aromatic carbocycles. The second-order valence-electron chi connectivity index (χ2n) is 7.18. The van der Waals surface area contributed by atoms with Crippen molar-refractivity contribution in [2.45, 2.75) is 24.5 Å². The number of carboxylic acids is 1. The summed E-state index contributed by atoms with van der Waals surface area (Å²) >= 11 is 0. The minimum Gasteiger partial charge on any atom is -0.480 e. The molecular weight excluding hydrogens is 370 g/mol. The van der Waals surface area contributed by atoms with E-state index in [9.17, 15) is 14.7 Å². The van der Waals surface area contributed by atoms with Crippen molar-refractivity contribution in [2.75, 3.05) is 19.8 Å². The highest BCUT2D eigenvalue weighted by molar-refractivity contribution is 5.81. The lowest BCUT2D eigenvalue weighted by Crippen LogP contribution is -2.41. The zero-order chi connectivity index (χ0) is 20.4. The zero-order valence-corrected chi connectivity index (χ0v) is 15.8. The van der Waals surface area contributed by atoms with Crippen molar-refractivity contribution in [3.05, 3.63) is 59.7 Å². The van der Waals surface area contributed by atoms with E-state index < -0.39 is 24.2 Å². The average Bonchev–Trinajstić information content (AvgIpc) is 3.30. The van der Waals surface area contributed by atoms with Gasteiger partial charge in [-0.2, -0.15) is 0 Å². The molecule has 2 aromatic rings. The molecule has 1 N–H and O–H groups in total. The first-order chi connectivity index (χ1) is 14.1. The van der Waals surface area contributed by atoms with Crippen LogP contribution >= 0.6 is 0 Å². The van der Waals surface area contributed by atoms with Gasteiger partial charge in [0.25, 0.3) is 0 Å². The number of benzene rings is 2. The van der Waals surface area contributed by atoms with Crippen LogP contribution in [0.5, 0.6) is 0 Å². The number of amides is 1. The van der Waals surface area contributed by atoms with Crippen LogP contribution in [-0.4, -0.2) is 54.0 Å². The van der Waals surface area contributed by atoms with Gasteiger partial charge in [-0.3, -0.25) is 4.90 Å². The summed E-state index contributed by atoms with van der Waals surface area (Å²) in [7, 11) is 0. The molecule has 1 heterocycles. The van der Waals surface area contributed by atoms with Crippen molar-refractivity contribution >= 4 is 12.1 Å². The number of nitrogens with zero attached hydrogens (tertiary/aromatic N) is 1. The summed E-state index contributed by atoms with van der Waals surface area (Å²) < 4.78 is 11.0. The molecule has 148 valence electrons. The highest BCUT2D eigenvalue weighted by Crippen LogP contribution is 2.44. The zero-order valence-electron chi connectivity index (χ0n) is 15.8. The van der Waals surface area contributed by atoms with Crippen molar-refractivity contribution in [2.24, 2.45) is 0 Å². The number of ether oxygens (including phenoxy) is 2. The molecule has 2 aliphatic rings. The van der Waals surface area contributed by atoms with E-state index in [2.05, 4.69) is 18.1 Å². The lowest BCUT2D eigenvalue weighted by atomic mass is 9.98. The Kier molecular flexibility index (Phi) is 5.24. The van der Waals surface area contributed by atoms with Gasteiger partial charge in [0.2, 0.25) is 0 Å². The minimum atomic E-state index is -1.08. The molecule has 6 heteroatoms. The van der Waals surface area contributed by atoms with Crippen LogP contribution in [0.25, 0.3) is 11.1 Å². The third-order valence-electron chi connectivity index (χ3n) is 5.52. The Morgan fingerprint density at radius 2 is 1.72 bits per heavy atom. The van der Waals surface area contributed by atoms with Crippen molar-refractivity contribution in [1.29, 1.82) is 0 Å². The molecule has 0 bridgehead atoms. The summed E-state index contributed by atoms with van der Waals surface area (Å²) in [5.41, 5.74) is 4.48. The van der Waals surface area contributed by atoms with Crippen LogP contribution in [0.1, 0.15) is 23.5 Å². The number of carboxylic acid groups (broad SMARTS) is 1. The predicted molar refractivity (Wildman–Crippen MR) is 106 cm³/mol. The summed E-state index contributed by atoms with van der Waals surface area (Å²) in [6, 6.07) is 15.1. The average molecular weight is 391 g/mol. The van der Waals surface area contributed by atoms with Crippen LogP contribution in [0.4, 0.5) is 4.79 Å². The van der Waals surface area contributed by atoms with Crippen LogP contribution < -0.4 is 0 Å². The van der Waals surface area contributed by atoms with Crippen LogP contribution in [0, 0.1) is 12.3 Å². The largest absolute Gasteiger partial charge is 0.480 e.